The van der Waals surface area contributed by atoms with Crippen molar-refractivity contribution in [2.75, 3.05) is 19.7 Å². The molecule has 0 aliphatic carbocycles. The highest BCUT2D eigenvalue weighted by Gasteiger charge is 2.03. The number of hydrogen-bond acceptors (Lipinski definition) is 5. The summed E-state index contributed by atoms with van der Waals surface area (Å²) >= 11 is 0. The summed E-state index contributed by atoms with van der Waals surface area (Å²) < 4.78 is 10.7. The molecule has 0 radical (unpaired) electrons. The highest BCUT2D eigenvalue weighted by atomic mass is 16.5. The van der Waals surface area contributed by atoms with Crippen LogP contribution in [0.15, 0.2) is 33.8 Å². The molecule has 1 aromatic heterocycles. The fourth-order valence-electron chi connectivity index (χ4n) is 1.87. The molecule has 7 heteroatoms. The van der Waals surface area contributed by atoms with Gasteiger partial charge in [0.15, 0.2) is 11.8 Å². The van der Waals surface area contributed by atoms with Crippen molar-refractivity contribution < 1.29 is 9.26 Å². The Hall–Kier alpha value is -2.57. The number of nitrogens with one attached hydrogen (secondary N) is 2. The van der Waals surface area contributed by atoms with E-state index >= 15 is 0 Å². The third-order valence-corrected chi connectivity index (χ3v) is 2.97. The van der Waals surface area contributed by atoms with Crippen LogP contribution >= 0.6 is 0 Å². The maximum atomic E-state index is 5.67. The number of nitrogens with zero attached hydrogens (tertiary/aromatic N) is 3. The van der Waals surface area contributed by atoms with E-state index in [9.17, 15) is 0 Å². The standard InChI is InChI=1S/C16H23N5O2/c1-4-17-16(19-11-15-20-13(3)21-23-15)18-9-10-22-14-7-5-12(2)6-8-14/h5-8H,4,9-11H2,1-3H3,(H2,17,18,19). The van der Waals surface area contributed by atoms with Crippen molar-refractivity contribution in [3.8, 4) is 5.75 Å². The van der Waals surface area contributed by atoms with Crippen molar-refractivity contribution in [2.24, 2.45) is 4.99 Å². The monoisotopic (exact) mass is 317 g/mol. The zero-order valence-corrected chi connectivity index (χ0v) is 13.8. The molecule has 1 aromatic carbocycles. The van der Waals surface area contributed by atoms with Crippen LogP contribution in [0, 0.1) is 13.8 Å². The Morgan fingerprint density at radius 3 is 2.65 bits per heavy atom. The van der Waals surface area contributed by atoms with Gasteiger partial charge in [-0.3, -0.25) is 0 Å². The second-order valence-electron chi connectivity index (χ2n) is 5.02. The van der Waals surface area contributed by atoms with Crippen LogP contribution in [0.1, 0.15) is 24.2 Å². The van der Waals surface area contributed by atoms with Gasteiger partial charge in [0.25, 0.3) is 0 Å². The van der Waals surface area contributed by atoms with Gasteiger partial charge in [-0.05, 0) is 32.9 Å². The van der Waals surface area contributed by atoms with Gasteiger partial charge >= 0.3 is 0 Å². The lowest BCUT2D eigenvalue weighted by Crippen LogP contribution is -2.39. The van der Waals surface area contributed by atoms with Gasteiger partial charge in [0.1, 0.15) is 18.9 Å². The van der Waals surface area contributed by atoms with Gasteiger partial charge in [0, 0.05) is 6.54 Å². The first-order valence-corrected chi connectivity index (χ1v) is 7.68. The molecule has 0 spiro atoms. The number of aryl methyl sites for hydroxylation is 2. The average Bonchev–Trinajstić information content (AvgIpc) is 2.96. The van der Waals surface area contributed by atoms with Crippen LogP contribution in [-0.2, 0) is 6.54 Å². The lowest BCUT2D eigenvalue weighted by atomic mass is 10.2. The normalized spacial score (nSPS) is 11.3. The number of ether oxygens (including phenoxy) is 1. The van der Waals surface area contributed by atoms with Crippen LogP contribution in [-0.4, -0.2) is 35.8 Å². The predicted octanol–water partition coefficient (Wildman–Crippen LogP) is 1.82. The summed E-state index contributed by atoms with van der Waals surface area (Å²) in [4.78, 5) is 8.52. The van der Waals surface area contributed by atoms with Gasteiger partial charge < -0.3 is 19.9 Å². The summed E-state index contributed by atoms with van der Waals surface area (Å²) in [7, 11) is 0. The molecule has 23 heavy (non-hydrogen) atoms. The van der Waals surface area contributed by atoms with E-state index in [1.165, 1.54) is 5.56 Å². The van der Waals surface area contributed by atoms with Gasteiger partial charge in [-0.2, -0.15) is 4.98 Å². The molecular formula is C16H23N5O2. The van der Waals surface area contributed by atoms with Gasteiger partial charge in [-0.1, -0.05) is 22.9 Å². The minimum atomic E-state index is 0.342. The van der Waals surface area contributed by atoms with Crippen molar-refractivity contribution in [3.63, 3.8) is 0 Å². The maximum absolute atomic E-state index is 5.67. The molecule has 0 bridgehead atoms. The van der Waals surface area contributed by atoms with Crippen molar-refractivity contribution in [3.05, 3.63) is 41.5 Å². The summed E-state index contributed by atoms with van der Waals surface area (Å²) in [6, 6.07) is 7.99. The quantitative estimate of drug-likeness (QED) is 0.460. The van der Waals surface area contributed by atoms with E-state index in [0.29, 0.717) is 37.4 Å². The zero-order chi connectivity index (χ0) is 16.5. The second kappa shape index (κ2) is 8.77. The van der Waals surface area contributed by atoms with Crippen LogP contribution < -0.4 is 15.4 Å². The topological polar surface area (TPSA) is 84.6 Å². The van der Waals surface area contributed by atoms with Crippen LogP contribution in [0.3, 0.4) is 0 Å². The molecule has 124 valence electrons. The highest BCUT2D eigenvalue weighted by molar-refractivity contribution is 5.79. The van der Waals surface area contributed by atoms with Crippen molar-refractivity contribution in [1.82, 2.24) is 20.8 Å². The summed E-state index contributed by atoms with van der Waals surface area (Å²) in [5.41, 5.74) is 1.22. The molecule has 0 aliphatic heterocycles. The van der Waals surface area contributed by atoms with Crippen molar-refractivity contribution >= 4 is 5.96 Å². The molecule has 0 fully saturated rings. The van der Waals surface area contributed by atoms with Crippen LogP contribution in [0.5, 0.6) is 5.75 Å². The van der Waals surface area contributed by atoms with Gasteiger partial charge in [-0.25, -0.2) is 4.99 Å². The Kier molecular flexibility index (Phi) is 6.40. The van der Waals surface area contributed by atoms with Gasteiger partial charge in [0.2, 0.25) is 5.89 Å². The Morgan fingerprint density at radius 2 is 2.00 bits per heavy atom. The third kappa shape index (κ3) is 5.98. The molecule has 0 aliphatic rings. The van der Waals surface area contributed by atoms with E-state index in [1.807, 2.05) is 31.2 Å². The number of hydrogen-bond donors (Lipinski definition) is 2. The lowest BCUT2D eigenvalue weighted by molar-refractivity contribution is 0.322. The van der Waals surface area contributed by atoms with Crippen LogP contribution in [0.2, 0.25) is 0 Å². The Bertz CT molecular complexity index is 622. The first-order valence-electron chi connectivity index (χ1n) is 7.68. The molecule has 0 atom stereocenters. The van der Waals surface area contributed by atoms with E-state index in [4.69, 9.17) is 9.26 Å². The SMILES string of the molecule is CCNC(=NCc1nc(C)no1)NCCOc1ccc(C)cc1. The summed E-state index contributed by atoms with van der Waals surface area (Å²) in [6.07, 6.45) is 0. The average molecular weight is 317 g/mol. The number of guanidine groups is 1. The molecule has 1 heterocycles. The van der Waals surface area contributed by atoms with Crippen molar-refractivity contribution in [1.29, 1.82) is 0 Å². The van der Waals surface area contributed by atoms with Gasteiger partial charge in [0.05, 0.1) is 6.54 Å². The number of aliphatic imine (C=N–C) groups is 1. The molecule has 0 saturated heterocycles. The number of benzene rings is 1. The first kappa shape index (κ1) is 16.8. The molecule has 2 aromatic rings. The molecule has 0 saturated carbocycles. The second-order valence-corrected chi connectivity index (χ2v) is 5.02. The highest BCUT2D eigenvalue weighted by Crippen LogP contribution is 2.10. The van der Waals surface area contributed by atoms with Crippen LogP contribution in [0.4, 0.5) is 0 Å². The molecule has 0 amide bonds. The Labute approximate surface area is 136 Å². The summed E-state index contributed by atoms with van der Waals surface area (Å²) in [6.45, 7) is 8.15. The fourth-order valence-corrected chi connectivity index (χ4v) is 1.87. The maximum Gasteiger partial charge on any atom is 0.248 e. The molecular weight excluding hydrogens is 294 g/mol. The van der Waals surface area contributed by atoms with Crippen molar-refractivity contribution in [2.45, 2.75) is 27.3 Å². The molecule has 0 unspecified atom stereocenters. The molecule has 2 rings (SSSR count). The number of rotatable bonds is 7. The third-order valence-electron chi connectivity index (χ3n) is 2.97. The zero-order valence-electron chi connectivity index (χ0n) is 13.8. The fraction of sp³-hybridized carbons (Fsp3) is 0.438. The largest absolute Gasteiger partial charge is 0.492 e. The Balaban J connectivity index is 1.76. The van der Waals surface area contributed by atoms with E-state index in [1.54, 1.807) is 6.92 Å². The Morgan fingerprint density at radius 1 is 1.22 bits per heavy atom. The first-order chi connectivity index (χ1) is 11.2. The minimum Gasteiger partial charge on any atom is -0.492 e. The minimum absolute atomic E-state index is 0.342. The van der Waals surface area contributed by atoms with E-state index in [0.717, 1.165) is 12.3 Å². The predicted molar refractivity (Wildman–Crippen MR) is 88.5 cm³/mol. The smallest absolute Gasteiger partial charge is 0.248 e. The summed E-state index contributed by atoms with van der Waals surface area (Å²) in [5, 5.41) is 10.1. The van der Waals surface area contributed by atoms with E-state index in [2.05, 4.69) is 32.7 Å². The summed E-state index contributed by atoms with van der Waals surface area (Å²) in [5.74, 6) is 2.66. The van der Waals surface area contributed by atoms with E-state index in [-0.39, 0.29) is 0 Å². The molecule has 2 N–H and O–H groups in total. The van der Waals surface area contributed by atoms with E-state index < -0.39 is 0 Å². The van der Waals surface area contributed by atoms with Crippen LogP contribution in [0.25, 0.3) is 0 Å². The van der Waals surface area contributed by atoms with Gasteiger partial charge in [-0.15, -0.1) is 0 Å². The number of aromatic nitrogens is 2. The lowest BCUT2D eigenvalue weighted by Gasteiger charge is -2.11. The molecule has 7 nitrogen and oxygen atoms in total.